The number of aromatic nitrogens is 2. The maximum atomic E-state index is 11.9. The molecule has 0 radical (unpaired) electrons. The van der Waals surface area contributed by atoms with Crippen molar-refractivity contribution < 1.29 is 19.7 Å². The molecule has 2 saturated heterocycles. The number of aliphatic hydroxyl groups excluding tert-OH is 1. The van der Waals surface area contributed by atoms with Gasteiger partial charge in [-0.15, -0.1) is 0 Å². The number of hydrogen-bond acceptors (Lipinski definition) is 6. The molecule has 0 spiro atoms. The molecule has 3 rings (SSSR count). The second kappa shape index (κ2) is 4.52. The molecule has 2 fully saturated rings. The monoisotopic (exact) mass is 284 g/mol. The Morgan fingerprint density at radius 1 is 1.55 bits per heavy atom. The van der Waals surface area contributed by atoms with E-state index in [9.17, 15) is 19.8 Å². The number of nitrogens with zero attached hydrogens (tertiary/aromatic N) is 1. The van der Waals surface area contributed by atoms with Gasteiger partial charge in [-0.2, -0.15) is 0 Å². The van der Waals surface area contributed by atoms with E-state index in [0.29, 0.717) is 18.6 Å². The summed E-state index contributed by atoms with van der Waals surface area (Å²) in [5.41, 5.74) is -2.07. The number of H-pyrrole nitrogens is 1. The highest BCUT2D eigenvalue weighted by atomic mass is 16.6. The molecule has 8 nitrogen and oxygen atoms in total. The van der Waals surface area contributed by atoms with Crippen molar-refractivity contribution in [3.05, 3.63) is 32.6 Å². The normalized spacial score (nSPS) is 36.2. The second-order valence-corrected chi connectivity index (χ2v) is 5.21. The van der Waals surface area contributed by atoms with E-state index in [1.165, 1.54) is 10.8 Å². The Kier molecular flexibility index (Phi) is 3.05. The summed E-state index contributed by atoms with van der Waals surface area (Å²) in [4.78, 5) is 25.5. The molecule has 1 aromatic rings. The van der Waals surface area contributed by atoms with Crippen molar-refractivity contribution in [3.8, 4) is 0 Å². The topological polar surface area (TPSA) is 114 Å². The first-order valence-electron chi connectivity index (χ1n) is 6.40. The highest BCUT2D eigenvalue weighted by Crippen LogP contribution is 2.44. The molecular weight excluding hydrogens is 268 g/mol. The van der Waals surface area contributed by atoms with Crippen LogP contribution in [0.4, 0.5) is 0 Å². The van der Waals surface area contributed by atoms with E-state index in [-0.39, 0.29) is 6.61 Å². The largest absolute Gasteiger partial charge is 0.394 e. The molecule has 0 saturated carbocycles. The number of aliphatic hydroxyl groups is 2. The molecule has 0 bridgehead atoms. The molecular formula is C12H16N2O6. The van der Waals surface area contributed by atoms with Crippen LogP contribution in [0, 0.1) is 6.92 Å². The Bertz CT molecular complexity index is 638. The molecule has 3 N–H and O–H groups in total. The van der Waals surface area contributed by atoms with E-state index < -0.39 is 35.3 Å². The van der Waals surface area contributed by atoms with Gasteiger partial charge in [0.25, 0.3) is 5.56 Å². The van der Waals surface area contributed by atoms with Gasteiger partial charge in [0, 0.05) is 18.2 Å². The Labute approximate surface area is 113 Å². The first kappa shape index (κ1) is 13.5. The summed E-state index contributed by atoms with van der Waals surface area (Å²) >= 11 is 0. The number of hydrogen-bond donors (Lipinski definition) is 3. The summed E-state index contributed by atoms with van der Waals surface area (Å²) in [5.74, 6) is 0. The van der Waals surface area contributed by atoms with E-state index in [1.54, 1.807) is 6.92 Å². The van der Waals surface area contributed by atoms with Crippen molar-refractivity contribution in [2.75, 3.05) is 13.2 Å². The average molecular weight is 284 g/mol. The summed E-state index contributed by atoms with van der Waals surface area (Å²) in [6.07, 6.45) is -0.742. The van der Waals surface area contributed by atoms with Crippen LogP contribution in [0.5, 0.6) is 0 Å². The smallest absolute Gasteiger partial charge is 0.330 e. The van der Waals surface area contributed by atoms with Gasteiger partial charge in [0.15, 0.2) is 6.23 Å². The minimum Gasteiger partial charge on any atom is -0.394 e. The average Bonchev–Trinajstić information content (AvgIpc) is 2.89. The minimum atomic E-state index is -1.32. The van der Waals surface area contributed by atoms with Crippen molar-refractivity contribution in [2.45, 2.75) is 37.4 Å². The zero-order valence-electron chi connectivity index (χ0n) is 10.9. The molecule has 8 heteroatoms. The van der Waals surface area contributed by atoms with Gasteiger partial charge >= 0.3 is 5.69 Å². The molecule has 2 aliphatic heterocycles. The fraction of sp³-hybridized carbons (Fsp3) is 0.667. The lowest BCUT2D eigenvalue weighted by Gasteiger charge is -2.24. The van der Waals surface area contributed by atoms with Gasteiger partial charge in [-0.25, -0.2) is 4.79 Å². The lowest BCUT2D eigenvalue weighted by Crippen LogP contribution is -2.46. The van der Waals surface area contributed by atoms with Crippen LogP contribution in [0.25, 0.3) is 0 Å². The van der Waals surface area contributed by atoms with Crippen LogP contribution >= 0.6 is 0 Å². The van der Waals surface area contributed by atoms with Crippen LogP contribution in [-0.2, 0) is 9.47 Å². The van der Waals surface area contributed by atoms with E-state index in [2.05, 4.69) is 4.98 Å². The summed E-state index contributed by atoms with van der Waals surface area (Å²) in [5, 5.41) is 19.9. The van der Waals surface area contributed by atoms with Crippen LogP contribution in [-0.4, -0.2) is 50.8 Å². The van der Waals surface area contributed by atoms with Gasteiger partial charge in [0.05, 0.1) is 13.2 Å². The number of fused-ring (bicyclic) bond motifs is 1. The van der Waals surface area contributed by atoms with E-state index in [0.717, 1.165) is 0 Å². The zero-order chi connectivity index (χ0) is 14.5. The SMILES string of the molecule is Cc1cn(C2OC(CO)C3(O)CCOC23)c(=O)[nH]c1=O. The number of aromatic amines is 1. The molecule has 3 heterocycles. The Balaban J connectivity index is 2.06. The number of nitrogens with one attached hydrogen (secondary N) is 1. The van der Waals surface area contributed by atoms with Crippen LogP contribution in [0.2, 0.25) is 0 Å². The zero-order valence-corrected chi connectivity index (χ0v) is 10.9. The fourth-order valence-corrected chi connectivity index (χ4v) is 2.85. The summed E-state index contributed by atoms with van der Waals surface area (Å²) < 4.78 is 12.2. The molecule has 0 aromatic carbocycles. The molecule has 20 heavy (non-hydrogen) atoms. The third-order valence-corrected chi connectivity index (χ3v) is 4.00. The van der Waals surface area contributed by atoms with Gasteiger partial charge in [-0.3, -0.25) is 14.3 Å². The highest BCUT2D eigenvalue weighted by Gasteiger charge is 2.60. The number of rotatable bonds is 2. The third-order valence-electron chi connectivity index (χ3n) is 4.00. The first-order valence-corrected chi connectivity index (χ1v) is 6.40. The molecule has 0 amide bonds. The first-order chi connectivity index (χ1) is 9.47. The van der Waals surface area contributed by atoms with Crippen molar-refractivity contribution in [1.82, 2.24) is 9.55 Å². The Hall–Kier alpha value is -1.48. The van der Waals surface area contributed by atoms with E-state index in [4.69, 9.17) is 9.47 Å². The second-order valence-electron chi connectivity index (χ2n) is 5.21. The number of ether oxygens (including phenoxy) is 2. The predicted molar refractivity (Wildman–Crippen MR) is 66.4 cm³/mol. The minimum absolute atomic E-state index is 0.328. The van der Waals surface area contributed by atoms with Gasteiger partial charge in [-0.1, -0.05) is 0 Å². The summed E-state index contributed by atoms with van der Waals surface area (Å²) in [6.45, 7) is 1.52. The van der Waals surface area contributed by atoms with Crippen LogP contribution in [0.3, 0.4) is 0 Å². The Morgan fingerprint density at radius 3 is 3.00 bits per heavy atom. The standard InChI is InChI=1S/C12H16N2O6/c1-6-4-14(11(17)13-9(6)16)10-8-12(18,2-3-19-8)7(5-15)20-10/h4,7-8,10,15,18H,2-3,5H2,1H3,(H,13,16,17). The molecule has 4 atom stereocenters. The van der Waals surface area contributed by atoms with Gasteiger partial charge in [-0.05, 0) is 6.92 Å². The van der Waals surface area contributed by atoms with Gasteiger partial charge in [0.1, 0.15) is 17.8 Å². The van der Waals surface area contributed by atoms with Crippen LogP contribution in [0.1, 0.15) is 18.2 Å². The van der Waals surface area contributed by atoms with E-state index >= 15 is 0 Å². The van der Waals surface area contributed by atoms with Gasteiger partial charge < -0.3 is 19.7 Å². The predicted octanol–water partition coefficient (Wildman–Crippen LogP) is -1.75. The van der Waals surface area contributed by atoms with Crippen molar-refractivity contribution >= 4 is 0 Å². The van der Waals surface area contributed by atoms with Crippen LogP contribution in [0.15, 0.2) is 15.8 Å². The quantitative estimate of drug-likeness (QED) is 0.594. The maximum absolute atomic E-state index is 11.9. The van der Waals surface area contributed by atoms with Crippen LogP contribution < -0.4 is 11.2 Å². The number of aryl methyl sites for hydroxylation is 1. The maximum Gasteiger partial charge on any atom is 0.330 e. The van der Waals surface area contributed by atoms with Gasteiger partial charge in [0.2, 0.25) is 0 Å². The molecule has 0 aliphatic carbocycles. The summed E-state index contributed by atoms with van der Waals surface area (Å²) in [6, 6.07) is 0. The third kappa shape index (κ3) is 1.76. The lowest BCUT2D eigenvalue weighted by atomic mass is 9.91. The van der Waals surface area contributed by atoms with Crippen molar-refractivity contribution in [3.63, 3.8) is 0 Å². The molecule has 110 valence electrons. The highest BCUT2D eigenvalue weighted by molar-refractivity contribution is 5.09. The lowest BCUT2D eigenvalue weighted by molar-refractivity contribution is -0.0850. The van der Waals surface area contributed by atoms with Crippen molar-refractivity contribution in [2.24, 2.45) is 0 Å². The molecule has 4 unspecified atom stereocenters. The summed E-state index contributed by atoms with van der Waals surface area (Å²) in [7, 11) is 0. The fourth-order valence-electron chi connectivity index (χ4n) is 2.85. The van der Waals surface area contributed by atoms with E-state index in [1.807, 2.05) is 0 Å². The molecule has 1 aromatic heterocycles. The Morgan fingerprint density at radius 2 is 2.30 bits per heavy atom. The molecule has 2 aliphatic rings. The van der Waals surface area contributed by atoms with Crippen molar-refractivity contribution in [1.29, 1.82) is 0 Å².